The molecular formula is C14H18BrNO2. The van der Waals surface area contributed by atoms with Crippen LogP contribution in [0.4, 0.5) is 0 Å². The molecule has 4 heteroatoms. The maximum atomic E-state index is 12.4. The Morgan fingerprint density at radius 2 is 2.22 bits per heavy atom. The van der Waals surface area contributed by atoms with Crippen molar-refractivity contribution in [1.82, 2.24) is 4.90 Å². The van der Waals surface area contributed by atoms with Crippen LogP contribution in [0.25, 0.3) is 0 Å². The number of likely N-dealkylation sites (tertiary alicyclic amines) is 1. The maximum absolute atomic E-state index is 12.4. The van der Waals surface area contributed by atoms with Gasteiger partial charge in [-0.1, -0.05) is 12.1 Å². The predicted molar refractivity (Wildman–Crippen MR) is 74.6 cm³/mol. The SMILES string of the molecule is Cc1cccc(C(=O)N2CCCC(C)(O)C2)c1Br. The van der Waals surface area contributed by atoms with Crippen LogP contribution in [0.5, 0.6) is 0 Å². The van der Waals surface area contributed by atoms with Gasteiger partial charge in [-0.15, -0.1) is 0 Å². The maximum Gasteiger partial charge on any atom is 0.255 e. The molecule has 3 nitrogen and oxygen atoms in total. The van der Waals surface area contributed by atoms with E-state index in [1.807, 2.05) is 25.1 Å². The number of β-amino-alcohol motifs (C(OH)–C–C–N with tert-alkyl or cyclic N) is 1. The molecule has 0 spiro atoms. The van der Waals surface area contributed by atoms with Gasteiger partial charge in [-0.2, -0.15) is 0 Å². The van der Waals surface area contributed by atoms with Gasteiger partial charge in [-0.3, -0.25) is 4.79 Å². The number of amides is 1. The molecular weight excluding hydrogens is 294 g/mol. The van der Waals surface area contributed by atoms with Crippen LogP contribution in [-0.2, 0) is 0 Å². The fourth-order valence-electron chi connectivity index (χ4n) is 2.38. The monoisotopic (exact) mass is 311 g/mol. The summed E-state index contributed by atoms with van der Waals surface area (Å²) < 4.78 is 0.847. The highest BCUT2D eigenvalue weighted by molar-refractivity contribution is 9.10. The summed E-state index contributed by atoms with van der Waals surface area (Å²) in [5.41, 5.74) is 0.960. The minimum Gasteiger partial charge on any atom is -0.388 e. The number of benzene rings is 1. The van der Waals surface area contributed by atoms with Crippen LogP contribution >= 0.6 is 15.9 Å². The van der Waals surface area contributed by atoms with Crippen molar-refractivity contribution in [2.45, 2.75) is 32.3 Å². The Morgan fingerprint density at radius 3 is 2.89 bits per heavy atom. The number of piperidine rings is 1. The van der Waals surface area contributed by atoms with Crippen molar-refractivity contribution in [3.8, 4) is 0 Å². The molecule has 0 radical (unpaired) electrons. The molecule has 1 atom stereocenters. The molecule has 18 heavy (non-hydrogen) atoms. The van der Waals surface area contributed by atoms with Crippen molar-refractivity contribution in [1.29, 1.82) is 0 Å². The van der Waals surface area contributed by atoms with E-state index in [2.05, 4.69) is 15.9 Å². The predicted octanol–water partition coefficient (Wildman–Crippen LogP) is 2.74. The van der Waals surface area contributed by atoms with E-state index in [4.69, 9.17) is 0 Å². The number of hydrogen-bond acceptors (Lipinski definition) is 2. The molecule has 1 aromatic carbocycles. The average molecular weight is 312 g/mol. The van der Waals surface area contributed by atoms with E-state index in [-0.39, 0.29) is 5.91 Å². The van der Waals surface area contributed by atoms with Crippen LogP contribution in [0.3, 0.4) is 0 Å². The molecule has 1 amide bonds. The van der Waals surface area contributed by atoms with Gasteiger partial charge in [0.25, 0.3) is 5.91 Å². The molecule has 1 saturated heterocycles. The van der Waals surface area contributed by atoms with E-state index >= 15 is 0 Å². The lowest BCUT2D eigenvalue weighted by atomic mass is 9.94. The number of carbonyl (C=O) groups is 1. The topological polar surface area (TPSA) is 40.5 Å². The summed E-state index contributed by atoms with van der Waals surface area (Å²) in [5.74, 6) is -0.00875. The van der Waals surface area contributed by atoms with Gasteiger partial charge in [-0.05, 0) is 54.2 Å². The van der Waals surface area contributed by atoms with Crippen LogP contribution in [0, 0.1) is 6.92 Å². The molecule has 1 unspecified atom stereocenters. The molecule has 0 saturated carbocycles. The molecule has 1 aliphatic rings. The van der Waals surface area contributed by atoms with Gasteiger partial charge in [0.2, 0.25) is 0 Å². The Kier molecular flexibility index (Phi) is 3.78. The summed E-state index contributed by atoms with van der Waals surface area (Å²) in [5, 5.41) is 10.1. The molecule has 0 bridgehead atoms. The van der Waals surface area contributed by atoms with Gasteiger partial charge in [0.15, 0.2) is 0 Å². The second-order valence-electron chi connectivity index (χ2n) is 5.26. The fraction of sp³-hybridized carbons (Fsp3) is 0.500. The number of carbonyl (C=O) groups excluding carboxylic acids is 1. The largest absolute Gasteiger partial charge is 0.388 e. The summed E-state index contributed by atoms with van der Waals surface area (Å²) >= 11 is 3.47. The quantitative estimate of drug-likeness (QED) is 0.866. The highest BCUT2D eigenvalue weighted by atomic mass is 79.9. The van der Waals surface area contributed by atoms with Gasteiger partial charge in [0.05, 0.1) is 11.2 Å². The number of aliphatic hydroxyl groups is 1. The average Bonchev–Trinajstić information content (AvgIpc) is 2.30. The second kappa shape index (κ2) is 5.02. The summed E-state index contributed by atoms with van der Waals surface area (Å²) in [6, 6.07) is 5.67. The third-order valence-corrected chi connectivity index (χ3v) is 4.44. The van der Waals surface area contributed by atoms with Crippen molar-refractivity contribution in [2.24, 2.45) is 0 Å². The number of rotatable bonds is 1. The lowest BCUT2D eigenvalue weighted by Gasteiger charge is -2.37. The highest BCUT2D eigenvalue weighted by Crippen LogP contribution is 2.26. The zero-order chi connectivity index (χ0) is 13.3. The Labute approximate surface area is 116 Å². The summed E-state index contributed by atoms with van der Waals surface area (Å²) in [6.07, 6.45) is 1.61. The molecule has 1 N–H and O–H groups in total. The molecule has 1 aromatic rings. The van der Waals surface area contributed by atoms with Gasteiger partial charge in [-0.25, -0.2) is 0 Å². The van der Waals surface area contributed by atoms with Crippen molar-refractivity contribution in [3.05, 3.63) is 33.8 Å². The van der Waals surface area contributed by atoms with Crippen LogP contribution in [0.2, 0.25) is 0 Å². The summed E-state index contributed by atoms with van der Waals surface area (Å²) in [4.78, 5) is 14.2. The Bertz CT molecular complexity index is 471. The normalized spacial score (nSPS) is 24.1. The Balaban J connectivity index is 2.23. The second-order valence-corrected chi connectivity index (χ2v) is 6.06. The van der Waals surface area contributed by atoms with Crippen molar-refractivity contribution >= 4 is 21.8 Å². The molecule has 0 aromatic heterocycles. The molecule has 1 aliphatic heterocycles. The molecule has 1 fully saturated rings. The first-order valence-corrected chi connectivity index (χ1v) is 6.97. The van der Waals surface area contributed by atoms with Crippen LogP contribution in [0.15, 0.2) is 22.7 Å². The zero-order valence-corrected chi connectivity index (χ0v) is 12.3. The minimum absolute atomic E-state index is 0.00875. The van der Waals surface area contributed by atoms with Crippen molar-refractivity contribution < 1.29 is 9.90 Å². The standard InChI is InChI=1S/C14H18BrNO2/c1-10-5-3-6-11(12(10)15)13(17)16-8-4-7-14(2,18)9-16/h3,5-6,18H,4,7-9H2,1-2H3. The van der Waals surface area contributed by atoms with Gasteiger partial charge >= 0.3 is 0 Å². The number of hydrogen-bond donors (Lipinski definition) is 1. The van der Waals surface area contributed by atoms with Gasteiger partial charge < -0.3 is 10.0 Å². The third-order valence-electron chi connectivity index (χ3n) is 3.38. The van der Waals surface area contributed by atoms with Crippen molar-refractivity contribution in [3.63, 3.8) is 0 Å². The molecule has 0 aliphatic carbocycles. The van der Waals surface area contributed by atoms with Gasteiger partial charge in [0.1, 0.15) is 0 Å². The first-order chi connectivity index (χ1) is 8.41. The van der Waals surface area contributed by atoms with Crippen LogP contribution in [0.1, 0.15) is 35.7 Å². The van der Waals surface area contributed by atoms with Crippen molar-refractivity contribution in [2.75, 3.05) is 13.1 Å². The van der Waals surface area contributed by atoms with Crippen LogP contribution in [-0.4, -0.2) is 34.6 Å². The zero-order valence-electron chi connectivity index (χ0n) is 10.7. The smallest absolute Gasteiger partial charge is 0.255 e. The summed E-state index contributed by atoms with van der Waals surface area (Å²) in [6.45, 7) is 4.88. The van der Waals surface area contributed by atoms with Crippen LogP contribution < -0.4 is 0 Å². The number of nitrogens with zero attached hydrogens (tertiary/aromatic N) is 1. The first kappa shape index (κ1) is 13.6. The number of halogens is 1. The fourth-order valence-corrected chi connectivity index (χ4v) is 2.81. The van der Waals surface area contributed by atoms with E-state index in [1.54, 1.807) is 11.8 Å². The number of aryl methyl sites for hydroxylation is 1. The molecule has 2 rings (SSSR count). The molecule has 1 heterocycles. The highest BCUT2D eigenvalue weighted by Gasteiger charge is 2.31. The Hall–Kier alpha value is -0.870. The minimum atomic E-state index is -0.760. The Morgan fingerprint density at radius 1 is 1.50 bits per heavy atom. The lowest BCUT2D eigenvalue weighted by molar-refractivity contribution is -0.0107. The third kappa shape index (κ3) is 2.75. The van der Waals surface area contributed by atoms with E-state index in [9.17, 15) is 9.90 Å². The lowest BCUT2D eigenvalue weighted by Crippen LogP contribution is -2.48. The van der Waals surface area contributed by atoms with E-state index in [0.717, 1.165) is 29.4 Å². The van der Waals surface area contributed by atoms with Gasteiger partial charge in [0, 0.05) is 17.6 Å². The first-order valence-electron chi connectivity index (χ1n) is 6.17. The van der Waals surface area contributed by atoms with E-state index in [1.165, 1.54) is 0 Å². The summed E-state index contributed by atoms with van der Waals surface area (Å²) in [7, 11) is 0. The van der Waals surface area contributed by atoms with E-state index < -0.39 is 5.60 Å². The molecule has 98 valence electrons. The van der Waals surface area contributed by atoms with E-state index in [0.29, 0.717) is 12.1 Å².